The molecule has 1 rings (SSSR count). The molecule has 0 amide bonds. The summed E-state index contributed by atoms with van der Waals surface area (Å²) >= 11 is 0. The average molecular weight is 95.2 g/mol. The van der Waals surface area contributed by atoms with Crippen molar-refractivity contribution >= 4 is 0 Å². The number of rotatable bonds is 2. The molecule has 1 aliphatic carbocycles. The Hall–Kier alpha value is -0.260. The lowest BCUT2D eigenvalue weighted by molar-refractivity contribution is 1.05. The molecule has 0 heterocycles. The first-order valence-electron chi connectivity index (χ1n) is 3.01. The summed E-state index contributed by atoms with van der Waals surface area (Å²) in [7, 11) is 0. The lowest BCUT2D eigenvalue weighted by Crippen LogP contribution is -1.60. The zero-order valence-corrected chi connectivity index (χ0v) is 4.78. The van der Waals surface area contributed by atoms with Crippen molar-refractivity contribution in [1.29, 1.82) is 0 Å². The molecule has 0 heteroatoms. The zero-order chi connectivity index (χ0) is 5.11. The van der Waals surface area contributed by atoms with Gasteiger partial charge in [0.25, 0.3) is 0 Å². The molecule has 1 radical (unpaired) electrons. The highest BCUT2D eigenvalue weighted by Crippen LogP contribution is 2.29. The highest BCUT2D eigenvalue weighted by molar-refractivity contribution is 4.87. The lowest BCUT2D eigenvalue weighted by Gasteiger charge is -1.74. The van der Waals surface area contributed by atoms with Crippen LogP contribution in [0.4, 0.5) is 0 Å². The first-order valence-corrected chi connectivity index (χ1v) is 3.01. The van der Waals surface area contributed by atoms with Gasteiger partial charge in [-0.15, -0.1) is 0 Å². The van der Waals surface area contributed by atoms with E-state index in [9.17, 15) is 0 Å². The Morgan fingerprint density at radius 1 is 1.71 bits per heavy atom. The van der Waals surface area contributed by atoms with E-state index in [2.05, 4.69) is 19.1 Å². The Balaban J connectivity index is 2.05. The normalized spacial score (nSPS) is 21.3. The van der Waals surface area contributed by atoms with Crippen LogP contribution in [0.1, 0.15) is 26.2 Å². The minimum absolute atomic E-state index is 0.847. The Labute approximate surface area is 45.2 Å². The van der Waals surface area contributed by atoms with Gasteiger partial charge in [0.15, 0.2) is 0 Å². The van der Waals surface area contributed by atoms with Crippen molar-refractivity contribution in [3.63, 3.8) is 0 Å². The van der Waals surface area contributed by atoms with Crippen LogP contribution in [0.25, 0.3) is 0 Å². The maximum absolute atomic E-state index is 3.28. The van der Waals surface area contributed by atoms with Crippen LogP contribution in [0.3, 0.4) is 0 Å². The van der Waals surface area contributed by atoms with Crippen molar-refractivity contribution in [2.24, 2.45) is 5.92 Å². The van der Waals surface area contributed by atoms with Crippen LogP contribution in [0.5, 0.6) is 0 Å². The lowest BCUT2D eigenvalue weighted by atomic mass is 10.3. The molecule has 0 spiro atoms. The van der Waals surface area contributed by atoms with Gasteiger partial charge < -0.3 is 0 Å². The summed E-state index contributed by atoms with van der Waals surface area (Å²) in [5.74, 6) is 0.847. The third-order valence-electron chi connectivity index (χ3n) is 1.14. The van der Waals surface area contributed by atoms with E-state index in [-0.39, 0.29) is 0 Å². The van der Waals surface area contributed by atoms with E-state index in [0.29, 0.717) is 0 Å². The van der Waals surface area contributed by atoms with Crippen molar-refractivity contribution in [3.8, 4) is 0 Å². The highest BCUT2D eigenvalue weighted by atomic mass is 14.2. The van der Waals surface area contributed by atoms with E-state index in [1.807, 2.05) is 0 Å². The molecule has 0 aromatic heterocycles. The molecular formula is C7H11. The van der Waals surface area contributed by atoms with Gasteiger partial charge in [-0.1, -0.05) is 13.0 Å². The Morgan fingerprint density at radius 2 is 2.43 bits per heavy atom. The van der Waals surface area contributed by atoms with Crippen molar-refractivity contribution in [1.82, 2.24) is 0 Å². The molecule has 0 aliphatic heterocycles. The Kier molecular flexibility index (Phi) is 1.50. The van der Waals surface area contributed by atoms with Gasteiger partial charge in [0, 0.05) is 0 Å². The van der Waals surface area contributed by atoms with Crippen molar-refractivity contribution < 1.29 is 0 Å². The molecule has 0 aromatic carbocycles. The van der Waals surface area contributed by atoms with E-state index in [1.54, 1.807) is 0 Å². The summed E-state index contributed by atoms with van der Waals surface area (Å²) in [5.41, 5.74) is 0. The molecule has 1 saturated carbocycles. The van der Waals surface area contributed by atoms with Crippen LogP contribution < -0.4 is 0 Å². The first kappa shape index (κ1) is 4.89. The van der Waals surface area contributed by atoms with Gasteiger partial charge in [0.2, 0.25) is 0 Å². The number of hydrogen-bond donors (Lipinski definition) is 0. The zero-order valence-electron chi connectivity index (χ0n) is 4.78. The minimum Gasteiger partial charge on any atom is -0.0810 e. The topological polar surface area (TPSA) is 0 Å². The third-order valence-corrected chi connectivity index (χ3v) is 1.14. The van der Waals surface area contributed by atoms with Crippen LogP contribution in [-0.2, 0) is 0 Å². The molecule has 7 heavy (non-hydrogen) atoms. The smallest absolute Gasteiger partial charge is 0.0162 e. The maximum Gasteiger partial charge on any atom is -0.0162 e. The monoisotopic (exact) mass is 95.1 g/mol. The standard InChI is InChI=1S/C7H11/c1-2-3-4-7-5-6-7/h3,7H,2,5-6H2,1H3. The number of hydrogen-bond acceptors (Lipinski definition) is 0. The van der Waals surface area contributed by atoms with Crippen molar-refractivity contribution in [2.45, 2.75) is 26.2 Å². The van der Waals surface area contributed by atoms with Crippen LogP contribution in [0, 0.1) is 12.0 Å². The van der Waals surface area contributed by atoms with Gasteiger partial charge in [-0.2, -0.15) is 0 Å². The van der Waals surface area contributed by atoms with E-state index in [1.165, 1.54) is 12.8 Å². The van der Waals surface area contributed by atoms with Crippen molar-refractivity contribution in [3.05, 3.63) is 12.2 Å². The van der Waals surface area contributed by atoms with Gasteiger partial charge in [-0.3, -0.25) is 0 Å². The molecule has 0 aromatic rings. The summed E-state index contributed by atoms with van der Waals surface area (Å²) < 4.78 is 0. The molecule has 0 unspecified atom stereocenters. The van der Waals surface area contributed by atoms with Gasteiger partial charge in [0.1, 0.15) is 0 Å². The van der Waals surface area contributed by atoms with Gasteiger partial charge >= 0.3 is 0 Å². The number of allylic oxidation sites excluding steroid dienone is 2. The molecule has 0 bridgehead atoms. The van der Waals surface area contributed by atoms with Crippen LogP contribution in [0.15, 0.2) is 6.08 Å². The SMILES string of the molecule is CC/C=[C]\C1CC1. The second kappa shape index (κ2) is 2.15. The summed E-state index contributed by atoms with van der Waals surface area (Å²) in [4.78, 5) is 0. The molecule has 0 N–H and O–H groups in total. The molecule has 0 nitrogen and oxygen atoms in total. The Bertz CT molecular complexity index is 68.1. The molecular weight excluding hydrogens is 84.1 g/mol. The van der Waals surface area contributed by atoms with E-state index >= 15 is 0 Å². The fourth-order valence-electron chi connectivity index (χ4n) is 0.535. The van der Waals surface area contributed by atoms with Gasteiger partial charge in [-0.05, 0) is 31.3 Å². The van der Waals surface area contributed by atoms with Crippen LogP contribution in [0.2, 0.25) is 0 Å². The second-order valence-electron chi connectivity index (χ2n) is 2.05. The highest BCUT2D eigenvalue weighted by Gasteiger charge is 2.16. The van der Waals surface area contributed by atoms with Crippen LogP contribution >= 0.6 is 0 Å². The average Bonchev–Trinajstić information content (AvgIpc) is 2.42. The summed E-state index contributed by atoms with van der Waals surface area (Å²) in [6.07, 6.45) is 9.34. The second-order valence-corrected chi connectivity index (χ2v) is 2.05. The fraction of sp³-hybridized carbons (Fsp3) is 0.714. The van der Waals surface area contributed by atoms with E-state index < -0.39 is 0 Å². The van der Waals surface area contributed by atoms with Gasteiger partial charge in [0.05, 0.1) is 0 Å². The quantitative estimate of drug-likeness (QED) is 0.493. The summed E-state index contributed by atoms with van der Waals surface area (Å²) in [6, 6.07) is 0. The minimum atomic E-state index is 0.847. The molecule has 39 valence electrons. The molecule has 1 aliphatic rings. The van der Waals surface area contributed by atoms with Gasteiger partial charge in [-0.25, -0.2) is 0 Å². The Morgan fingerprint density at radius 3 is 2.86 bits per heavy atom. The predicted molar refractivity (Wildman–Crippen MR) is 30.8 cm³/mol. The predicted octanol–water partition coefficient (Wildman–Crippen LogP) is 2.17. The van der Waals surface area contributed by atoms with Crippen LogP contribution in [-0.4, -0.2) is 0 Å². The summed E-state index contributed by atoms with van der Waals surface area (Å²) in [5, 5.41) is 0. The fourth-order valence-corrected chi connectivity index (χ4v) is 0.535. The largest absolute Gasteiger partial charge is 0.0810 e. The first-order chi connectivity index (χ1) is 3.43. The van der Waals surface area contributed by atoms with E-state index in [0.717, 1.165) is 12.3 Å². The third kappa shape index (κ3) is 1.77. The summed E-state index contributed by atoms with van der Waals surface area (Å²) in [6.45, 7) is 2.15. The van der Waals surface area contributed by atoms with E-state index in [4.69, 9.17) is 0 Å². The molecule has 1 fully saturated rings. The molecule has 0 atom stereocenters. The maximum atomic E-state index is 3.28. The van der Waals surface area contributed by atoms with Crippen molar-refractivity contribution in [2.75, 3.05) is 0 Å². The molecule has 0 saturated heterocycles.